The van der Waals surface area contributed by atoms with E-state index >= 15 is 0 Å². The maximum atomic E-state index is 12.0. The molecule has 0 unspecified atom stereocenters. The van der Waals surface area contributed by atoms with E-state index in [2.05, 4.69) is 25.8 Å². The Morgan fingerprint density at radius 3 is 2.52 bits per heavy atom. The summed E-state index contributed by atoms with van der Waals surface area (Å²) in [5.41, 5.74) is 12.1. The Morgan fingerprint density at radius 1 is 1.08 bits per heavy atom. The lowest BCUT2D eigenvalue weighted by Gasteiger charge is -2.11. The second-order valence-electron chi connectivity index (χ2n) is 4.81. The first-order valence-corrected chi connectivity index (χ1v) is 8.33. The first-order chi connectivity index (χ1) is 12.1. The SMILES string of the molecule is Nc1c(NNC(=O)c2ccncc2)ncnc1Sc1ccc(Cl)cc1. The number of hydrazine groups is 1. The Bertz CT molecular complexity index is 876. The van der Waals surface area contributed by atoms with Crippen LogP contribution in [-0.2, 0) is 0 Å². The summed E-state index contributed by atoms with van der Waals surface area (Å²) in [7, 11) is 0. The number of nitrogens with two attached hydrogens (primary N) is 1. The number of amides is 1. The highest BCUT2D eigenvalue weighted by Crippen LogP contribution is 2.33. The minimum Gasteiger partial charge on any atom is -0.393 e. The maximum absolute atomic E-state index is 12.0. The molecule has 0 saturated carbocycles. The summed E-state index contributed by atoms with van der Waals surface area (Å²) < 4.78 is 0. The summed E-state index contributed by atoms with van der Waals surface area (Å²) in [6.07, 6.45) is 4.44. The summed E-state index contributed by atoms with van der Waals surface area (Å²) in [5, 5.41) is 1.22. The van der Waals surface area contributed by atoms with Crippen molar-refractivity contribution < 1.29 is 4.79 Å². The molecule has 0 atom stereocenters. The molecule has 25 heavy (non-hydrogen) atoms. The Labute approximate surface area is 153 Å². The van der Waals surface area contributed by atoms with Crippen molar-refractivity contribution >= 4 is 40.8 Å². The summed E-state index contributed by atoms with van der Waals surface area (Å²) in [4.78, 5) is 25.1. The number of carbonyl (C=O) groups excluding carboxylic acids is 1. The van der Waals surface area contributed by atoms with Gasteiger partial charge in [-0.1, -0.05) is 23.4 Å². The number of pyridine rings is 1. The third-order valence-corrected chi connectivity index (χ3v) is 4.39. The maximum Gasteiger partial charge on any atom is 0.269 e. The van der Waals surface area contributed by atoms with Gasteiger partial charge < -0.3 is 5.73 Å². The Balaban J connectivity index is 1.70. The molecule has 3 aromatic rings. The van der Waals surface area contributed by atoms with E-state index in [-0.39, 0.29) is 5.91 Å². The Hall–Kier alpha value is -2.84. The number of hydrogen-bond acceptors (Lipinski definition) is 7. The number of anilines is 2. The predicted molar refractivity (Wildman–Crippen MR) is 97.3 cm³/mol. The van der Waals surface area contributed by atoms with E-state index in [1.54, 1.807) is 24.3 Å². The number of benzene rings is 1. The van der Waals surface area contributed by atoms with Crippen molar-refractivity contribution in [1.82, 2.24) is 20.4 Å². The molecule has 0 saturated heterocycles. The zero-order chi connectivity index (χ0) is 17.6. The van der Waals surface area contributed by atoms with Gasteiger partial charge in [0, 0.05) is 27.9 Å². The topological polar surface area (TPSA) is 106 Å². The molecule has 0 aliphatic carbocycles. The van der Waals surface area contributed by atoms with E-state index in [0.717, 1.165) is 4.90 Å². The second-order valence-corrected chi connectivity index (χ2v) is 6.31. The number of nitrogens with one attached hydrogen (secondary N) is 2. The number of halogens is 1. The zero-order valence-electron chi connectivity index (χ0n) is 12.8. The summed E-state index contributed by atoms with van der Waals surface area (Å²) in [6, 6.07) is 10.5. The fourth-order valence-electron chi connectivity index (χ4n) is 1.87. The van der Waals surface area contributed by atoms with Crippen molar-refractivity contribution in [3.05, 3.63) is 65.7 Å². The summed E-state index contributed by atoms with van der Waals surface area (Å²) >= 11 is 7.25. The average molecular weight is 373 g/mol. The molecule has 1 amide bonds. The third-order valence-electron chi connectivity index (χ3n) is 3.11. The molecule has 0 aliphatic rings. The zero-order valence-corrected chi connectivity index (χ0v) is 14.4. The lowest BCUT2D eigenvalue weighted by molar-refractivity contribution is 0.0962. The van der Waals surface area contributed by atoms with Gasteiger partial charge in [-0.05, 0) is 36.4 Å². The van der Waals surface area contributed by atoms with Gasteiger partial charge in [0.15, 0.2) is 5.82 Å². The highest BCUT2D eigenvalue weighted by molar-refractivity contribution is 7.99. The van der Waals surface area contributed by atoms with Gasteiger partial charge in [0.1, 0.15) is 17.0 Å². The van der Waals surface area contributed by atoms with Crippen LogP contribution in [0.3, 0.4) is 0 Å². The van der Waals surface area contributed by atoms with Gasteiger partial charge in [0.25, 0.3) is 5.91 Å². The molecule has 2 heterocycles. The lowest BCUT2D eigenvalue weighted by atomic mass is 10.3. The van der Waals surface area contributed by atoms with Crippen LogP contribution in [0.5, 0.6) is 0 Å². The van der Waals surface area contributed by atoms with Crippen LogP contribution in [0.25, 0.3) is 0 Å². The average Bonchev–Trinajstić information content (AvgIpc) is 2.64. The van der Waals surface area contributed by atoms with Crippen LogP contribution in [0.15, 0.2) is 65.0 Å². The Kier molecular flexibility index (Phi) is 5.32. The number of carbonyl (C=O) groups is 1. The van der Waals surface area contributed by atoms with Crippen molar-refractivity contribution in [3.8, 4) is 0 Å². The fourth-order valence-corrected chi connectivity index (χ4v) is 2.79. The molecular weight excluding hydrogens is 360 g/mol. The van der Waals surface area contributed by atoms with Gasteiger partial charge in [-0.2, -0.15) is 0 Å². The quantitative estimate of drug-likeness (QED) is 0.467. The normalized spacial score (nSPS) is 10.3. The van der Waals surface area contributed by atoms with E-state index in [1.165, 1.54) is 30.5 Å². The molecule has 3 rings (SSSR count). The highest BCUT2D eigenvalue weighted by Gasteiger charge is 2.11. The van der Waals surface area contributed by atoms with Crippen molar-refractivity contribution in [3.63, 3.8) is 0 Å². The number of hydrogen-bond donors (Lipinski definition) is 3. The van der Waals surface area contributed by atoms with Crippen LogP contribution in [-0.4, -0.2) is 20.9 Å². The molecule has 9 heteroatoms. The molecule has 4 N–H and O–H groups in total. The minimum atomic E-state index is -0.327. The van der Waals surface area contributed by atoms with E-state index in [4.69, 9.17) is 17.3 Å². The molecular formula is C16H13ClN6OS. The molecule has 1 aromatic carbocycles. The van der Waals surface area contributed by atoms with Crippen LogP contribution < -0.4 is 16.6 Å². The number of nitrogen functional groups attached to an aromatic ring is 1. The van der Waals surface area contributed by atoms with E-state index < -0.39 is 0 Å². The van der Waals surface area contributed by atoms with E-state index in [9.17, 15) is 4.79 Å². The third kappa shape index (κ3) is 4.37. The van der Waals surface area contributed by atoms with Crippen LogP contribution in [0.4, 0.5) is 11.5 Å². The van der Waals surface area contributed by atoms with Crippen LogP contribution in [0, 0.1) is 0 Å². The van der Waals surface area contributed by atoms with Crippen molar-refractivity contribution in [2.75, 3.05) is 11.2 Å². The molecule has 2 aromatic heterocycles. The van der Waals surface area contributed by atoms with Crippen LogP contribution >= 0.6 is 23.4 Å². The van der Waals surface area contributed by atoms with E-state index in [0.29, 0.717) is 27.1 Å². The van der Waals surface area contributed by atoms with Crippen LogP contribution in [0.1, 0.15) is 10.4 Å². The summed E-state index contributed by atoms with van der Waals surface area (Å²) in [6.45, 7) is 0. The van der Waals surface area contributed by atoms with Gasteiger partial charge in [-0.15, -0.1) is 0 Å². The summed E-state index contributed by atoms with van der Waals surface area (Å²) in [5.74, 6) is -0.0128. The molecule has 126 valence electrons. The van der Waals surface area contributed by atoms with Gasteiger partial charge in [-0.3, -0.25) is 20.6 Å². The van der Waals surface area contributed by atoms with Crippen molar-refractivity contribution in [2.24, 2.45) is 0 Å². The minimum absolute atomic E-state index is 0.314. The van der Waals surface area contributed by atoms with Gasteiger partial charge >= 0.3 is 0 Å². The molecule has 0 fully saturated rings. The van der Waals surface area contributed by atoms with Crippen molar-refractivity contribution in [2.45, 2.75) is 9.92 Å². The monoisotopic (exact) mass is 372 g/mol. The molecule has 7 nitrogen and oxygen atoms in total. The molecule has 0 aliphatic heterocycles. The van der Waals surface area contributed by atoms with Crippen molar-refractivity contribution in [1.29, 1.82) is 0 Å². The van der Waals surface area contributed by atoms with E-state index in [1.807, 2.05) is 12.1 Å². The first kappa shape index (κ1) is 17.0. The fraction of sp³-hybridized carbons (Fsp3) is 0. The molecule has 0 spiro atoms. The van der Waals surface area contributed by atoms with Crippen LogP contribution in [0.2, 0.25) is 5.02 Å². The lowest BCUT2D eigenvalue weighted by Crippen LogP contribution is -2.30. The number of aromatic nitrogens is 3. The number of rotatable bonds is 5. The van der Waals surface area contributed by atoms with Gasteiger partial charge in [0.05, 0.1) is 0 Å². The molecule has 0 radical (unpaired) electrons. The first-order valence-electron chi connectivity index (χ1n) is 7.14. The largest absolute Gasteiger partial charge is 0.393 e. The second kappa shape index (κ2) is 7.82. The standard InChI is InChI=1S/C16H13ClN6OS/c17-11-1-3-12(4-2-11)25-16-13(18)14(20-9-21-16)22-23-15(24)10-5-7-19-8-6-10/h1-9H,18H2,(H,23,24)(H,20,21,22). The number of nitrogens with zero attached hydrogens (tertiary/aromatic N) is 3. The molecule has 0 bridgehead atoms. The highest BCUT2D eigenvalue weighted by atomic mass is 35.5. The van der Waals surface area contributed by atoms with Gasteiger partial charge in [-0.25, -0.2) is 9.97 Å². The van der Waals surface area contributed by atoms with Gasteiger partial charge in [0.2, 0.25) is 0 Å². The smallest absolute Gasteiger partial charge is 0.269 e. The Morgan fingerprint density at radius 2 is 1.80 bits per heavy atom. The predicted octanol–water partition coefficient (Wildman–Crippen LogP) is 3.02.